The van der Waals surface area contributed by atoms with E-state index in [0.717, 1.165) is 64.2 Å². The Morgan fingerprint density at radius 1 is 1.22 bits per heavy atom. The molecule has 0 aromatic heterocycles. The summed E-state index contributed by atoms with van der Waals surface area (Å²) in [5, 5.41) is 13.0. The largest absolute Gasteiger partial charge is 0.389 e. The molecule has 4 unspecified atom stereocenters. The van der Waals surface area contributed by atoms with Crippen LogP contribution >= 0.6 is 0 Å². The maximum Gasteiger partial charge on any atom is 0.220 e. The van der Waals surface area contributed by atoms with Crippen molar-refractivity contribution >= 4 is 21.5 Å². The lowest BCUT2D eigenvalue weighted by molar-refractivity contribution is -0.123. The van der Waals surface area contributed by atoms with Crippen molar-refractivity contribution in [1.82, 2.24) is 5.32 Å². The number of ketones is 1. The first-order valence-corrected chi connectivity index (χ1v) is 14.4. The number of carbonyl (C=O) groups is 2. The van der Waals surface area contributed by atoms with E-state index in [1.165, 1.54) is 0 Å². The zero-order chi connectivity index (χ0) is 23.6. The van der Waals surface area contributed by atoms with Gasteiger partial charge in [0.25, 0.3) is 0 Å². The van der Waals surface area contributed by atoms with Gasteiger partial charge in [-0.2, -0.15) is 0 Å². The highest BCUT2D eigenvalue weighted by Gasteiger charge is 2.39. The standard InChI is InChI=1S/C25H43NO5S/c1-3-4-7-10-21(27)15-13-20-14-16-23(28)22(20)11-8-5-6-9-12-24(29)26-25(2)17-18-32(30,31)19-25/h13,15,20-22,27H,3-12,14,16-19H2,1-2H3,(H,26,29). The number of amides is 1. The van der Waals surface area contributed by atoms with E-state index >= 15 is 0 Å². The number of hydrogen-bond donors (Lipinski definition) is 2. The van der Waals surface area contributed by atoms with E-state index in [4.69, 9.17) is 0 Å². The van der Waals surface area contributed by atoms with E-state index in [2.05, 4.69) is 18.3 Å². The smallest absolute Gasteiger partial charge is 0.220 e. The van der Waals surface area contributed by atoms with Gasteiger partial charge in [-0.15, -0.1) is 0 Å². The number of Topliss-reactive ketones (excluding diaryl/α,β-unsaturated/α-hetero) is 1. The monoisotopic (exact) mass is 469 g/mol. The van der Waals surface area contributed by atoms with Gasteiger partial charge in [-0.3, -0.25) is 9.59 Å². The molecule has 32 heavy (non-hydrogen) atoms. The molecule has 0 aromatic carbocycles. The van der Waals surface area contributed by atoms with Crippen LogP contribution in [0.2, 0.25) is 0 Å². The van der Waals surface area contributed by atoms with Gasteiger partial charge in [-0.05, 0) is 44.9 Å². The van der Waals surface area contributed by atoms with Crippen LogP contribution in [0.3, 0.4) is 0 Å². The first-order chi connectivity index (χ1) is 15.1. The number of aliphatic hydroxyl groups excluding tert-OH is 1. The molecule has 1 saturated heterocycles. The number of aliphatic hydroxyl groups is 1. The Labute approximate surface area is 194 Å². The second-order valence-corrected chi connectivity index (χ2v) is 12.3. The molecule has 1 saturated carbocycles. The molecule has 6 nitrogen and oxygen atoms in total. The third kappa shape index (κ3) is 9.34. The van der Waals surface area contributed by atoms with Crippen LogP contribution in [0, 0.1) is 11.8 Å². The molecule has 184 valence electrons. The lowest BCUT2D eigenvalue weighted by Crippen LogP contribution is -2.46. The number of hydrogen-bond acceptors (Lipinski definition) is 5. The van der Waals surface area contributed by atoms with Gasteiger partial charge >= 0.3 is 0 Å². The molecule has 4 atom stereocenters. The summed E-state index contributed by atoms with van der Waals surface area (Å²) < 4.78 is 23.3. The molecule has 0 bridgehead atoms. The number of unbranched alkanes of at least 4 members (excludes halogenated alkanes) is 5. The zero-order valence-corrected chi connectivity index (χ0v) is 20.8. The number of sulfone groups is 1. The van der Waals surface area contributed by atoms with E-state index in [1.807, 2.05) is 13.0 Å². The highest BCUT2D eigenvalue weighted by molar-refractivity contribution is 7.91. The van der Waals surface area contributed by atoms with Crippen LogP contribution < -0.4 is 5.32 Å². The van der Waals surface area contributed by atoms with Crippen molar-refractivity contribution in [3.8, 4) is 0 Å². The second kappa shape index (κ2) is 12.9. The van der Waals surface area contributed by atoms with Crippen molar-refractivity contribution in [2.45, 2.75) is 109 Å². The molecule has 7 heteroatoms. The summed E-state index contributed by atoms with van der Waals surface area (Å²) in [6, 6.07) is 0. The summed E-state index contributed by atoms with van der Waals surface area (Å²) >= 11 is 0. The summed E-state index contributed by atoms with van der Waals surface area (Å²) in [5.41, 5.74) is -0.620. The van der Waals surface area contributed by atoms with Gasteiger partial charge in [0.05, 0.1) is 23.1 Å². The third-order valence-electron chi connectivity index (χ3n) is 6.95. The maximum absolute atomic E-state index is 12.3. The van der Waals surface area contributed by atoms with Crippen molar-refractivity contribution in [3.63, 3.8) is 0 Å². The van der Waals surface area contributed by atoms with Gasteiger partial charge in [0, 0.05) is 18.8 Å². The lowest BCUT2D eigenvalue weighted by atomic mass is 9.89. The minimum atomic E-state index is -3.02. The average molecular weight is 470 g/mol. The number of nitrogens with one attached hydrogen (secondary N) is 1. The van der Waals surface area contributed by atoms with Crippen LogP contribution in [0.25, 0.3) is 0 Å². The fourth-order valence-corrected chi connectivity index (χ4v) is 7.11. The van der Waals surface area contributed by atoms with Crippen LogP contribution in [0.1, 0.15) is 97.3 Å². The van der Waals surface area contributed by atoms with Gasteiger partial charge in [-0.25, -0.2) is 8.42 Å². The third-order valence-corrected chi connectivity index (χ3v) is 8.85. The predicted octanol–water partition coefficient (Wildman–Crippen LogP) is 4.11. The van der Waals surface area contributed by atoms with Crippen molar-refractivity contribution in [2.24, 2.45) is 11.8 Å². The molecular weight excluding hydrogens is 426 g/mol. The topological polar surface area (TPSA) is 101 Å². The minimum absolute atomic E-state index is 0.0343. The summed E-state index contributed by atoms with van der Waals surface area (Å²) in [6.07, 6.45) is 14.6. The highest BCUT2D eigenvalue weighted by Crippen LogP contribution is 2.34. The second-order valence-electron chi connectivity index (χ2n) is 10.1. The van der Waals surface area contributed by atoms with Crippen LogP contribution in [-0.2, 0) is 19.4 Å². The Bertz CT molecular complexity index is 747. The summed E-state index contributed by atoms with van der Waals surface area (Å²) in [7, 11) is -3.02. The molecule has 2 rings (SSSR count). The van der Waals surface area contributed by atoms with E-state index < -0.39 is 21.5 Å². The Kier molecular flexibility index (Phi) is 10.9. The summed E-state index contributed by atoms with van der Waals surface area (Å²) in [4.78, 5) is 24.5. The molecule has 1 aliphatic carbocycles. The van der Waals surface area contributed by atoms with Gasteiger partial charge in [0.1, 0.15) is 5.78 Å². The molecular formula is C25H43NO5S. The van der Waals surface area contributed by atoms with Crippen LogP contribution in [-0.4, -0.2) is 48.4 Å². The molecule has 0 aromatic rings. The fourth-order valence-electron chi connectivity index (χ4n) is 5.02. The quantitative estimate of drug-likeness (QED) is 0.294. The zero-order valence-electron chi connectivity index (χ0n) is 20.0. The van der Waals surface area contributed by atoms with Gasteiger partial charge in [0.15, 0.2) is 9.84 Å². The Balaban J connectivity index is 1.61. The molecule has 2 aliphatic rings. The number of allylic oxidation sites excluding steroid dienone is 1. The molecule has 2 fully saturated rings. The first-order valence-electron chi connectivity index (χ1n) is 12.5. The molecule has 1 amide bonds. The summed E-state index contributed by atoms with van der Waals surface area (Å²) in [6.45, 7) is 3.96. The van der Waals surface area contributed by atoms with Crippen LogP contribution in [0.15, 0.2) is 12.2 Å². The Morgan fingerprint density at radius 3 is 2.66 bits per heavy atom. The van der Waals surface area contributed by atoms with E-state index in [1.54, 1.807) is 0 Å². The van der Waals surface area contributed by atoms with Crippen molar-refractivity contribution in [1.29, 1.82) is 0 Å². The molecule has 0 radical (unpaired) electrons. The van der Waals surface area contributed by atoms with E-state index in [0.29, 0.717) is 25.0 Å². The first kappa shape index (κ1) is 27.0. The van der Waals surface area contributed by atoms with Gasteiger partial charge < -0.3 is 10.4 Å². The summed E-state index contributed by atoms with van der Waals surface area (Å²) in [5.74, 6) is 0.779. The molecule has 0 spiro atoms. The molecule has 1 aliphatic heterocycles. The minimum Gasteiger partial charge on any atom is -0.389 e. The van der Waals surface area contributed by atoms with Crippen molar-refractivity contribution in [3.05, 3.63) is 12.2 Å². The molecule has 2 N–H and O–H groups in total. The number of carbonyl (C=O) groups excluding carboxylic acids is 2. The normalized spacial score (nSPS) is 28.4. The van der Waals surface area contributed by atoms with Crippen molar-refractivity contribution < 1.29 is 23.1 Å². The molecule has 1 heterocycles. The maximum atomic E-state index is 12.3. The van der Waals surface area contributed by atoms with Gasteiger partial charge in [0.2, 0.25) is 5.91 Å². The van der Waals surface area contributed by atoms with Gasteiger partial charge in [-0.1, -0.05) is 57.6 Å². The SMILES string of the molecule is CCCCCC(O)C=CC1CCC(=O)C1CCCCCCC(=O)NC1(C)CCS(=O)(=O)C1. The average Bonchev–Trinajstić information content (AvgIpc) is 3.20. The van der Waals surface area contributed by atoms with E-state index in [9.17, 15) is 23.1 Å². The van der Waals surface area contributed by atoms with Crippen molar-refractivity contribution in [2.75, 3.05) is 11.5 Å². The Hall–Kier alpha value is -1.21. The highest BCUT2D eigenvalue weighted by atomic mass is 32.2. The Morgan fingerprint density at radius 2 is 1.97 bits per heavy atom. The fraction of sp³-hybridized carbons (Fsp3) is 0.840. The lowest BCUT2D eigenvalue weighted by Gasteiger charge is -2.23. The van der Waals surface area contributed by atoms with Crippen LogP contribution in [0.4, 0.5) is 0 Å². The van der Waals surface area contributed by atoms with Crippen LogP contribution in [0.5, 0.6) is 0 Å². The number of rotatable bonds is 14. The van der Waals surface area contributed by atoms with E-state index in [-0.39, 0.29) is 29.2 Å². The predicted molar refractivity (Wildman–Crippen MR) is 128 cm³/mol.